The van der Waals surface area contributed by atoms with E-state index in [0.717, 1.165) is 30.2 Å². The average molecular weight is 437 g/mol. The van der Waals surface area contributed by atoms with Gasteiger partial charge in [-0.3, -0.25) is 4.79 Å². The maximum atomic E-state index is 12.3. The Balaban J connectivity index is 1.38. The molecule has 0 aliphatic heterocycles. The van der Waals surface area contributed by atoms with E-state index in [0.29, 0.717) is 25.0 Å². The van der Waals surface area contributed by atoms with Gasteiger partial charge in [-0.25, -0.2) is 4.79 Å². The zero-order chi connectivity index (χ0) is 19.6. The van der Waals surface area contributed by atoms with Gasteiger partial charge in [0.25, 0.3) is 0 Å². The van der Waals surface area contributed by atoms with Crippen molar-refractivity contribution in [1.82, 2.24) is 10.2 Å². The van der Waals surface area contributed by atoms with Crippen LogP contribution in [0.4, 0.5) is 4.79 Å². The van der Waals surface area contributed by atoms with E-state index in [9.17, 15) is 9.59 Å². The Morgan fingerprint density at radius 2 is 1.89 bits per heavy atom. The molecule has 0 heterocycles. The fourth-order valence-corrected chi connectivity index (χ4v) is 3.55. The number of halogens is 1. The number of hydrogen-bond donors (Lipinski definition) is 1. The van der Waals surface area contributed by atoms with Crippen molar-refractivity contribution in [2.24, 2.45) is 5.92 Å². The first-order valence-electron chi connectivity index (χ1n) is 9.77. The Bertz CT molecular complexity index is 680. The lowest BCUT2D eigenvalue weighted by Crippen LogP contribution is -2.40. The van der Waals surface area contributed by atoms with Gasteiger partial charge in [-0.15, -0.1) is 0 Å². The van der Waals surface area contributed by atoms with E-state index >= 15 is 0 Å². The first kappa shape index (κ1) is 20.2. The fraction of sp³-hybridized carbons (Fsp3) is 0.619. The molecule has 2 atom stereocenters. The number of ether oxygens (including phenoxy) is 1. The van der Waals surface area contributed by atoms with E-state index < -0.39 is 5.60 Å². The zero-order valence-corrected chi connectivity index (χ0v) is 17.9. The van der Waals surface area contributed by atoms with Crippen LogP contribution in [-0.2, 0) is 9.53 Å². The van der Waals surface area contributed by atoms with Crippen LogP contribution < -0.4 is 5.32 Å². The molecule has 2 unspecified atom stereocenters. The number of nitrogens with one attached hydrogen (secondary N) is 1. The molecular formula is C21H29BrN2O3. The Morgan fingerprint density at radius 3 is 2.48 bits per heavy atom. The SMILES string of the molecule is CC(C)(C)OC(=O)N(CCCNC(=O)C1CC1c1ccc(Br)cc1)C1CC1. The molecule has 0 saturated heterocycles. The molecule has 5 nitrogen and oxygen atoms in total. The summed E-state index contributed by atoms with van der Waals surface area (Å²) in [7, 11) is 0. The average Bonchev–Trinajstić information content (AvgIpc) is 3.46. The molecule has 2 fully saturated rings. The highest BCUT2D eigenvalue weighted by molar-refractivity contribution is 9.10. The van der Waals surface area contributed by atoms with Crippen molar-refractivity contribution < 1.29 is 14.3 Å². The molecule has 1 aromatic carbocycles. The maximum Gasteiger partial charge on any atom is 0.410 e. The molecule has 6 heteroatoms. The highest BCUT2D eigenvalue weighted by Crippen LogP contribution is 2.47. The number of amides is 2. The molecule has 2 aliphatic carbocycles. The Morgan fingerprint density at radius 1 is 1.22 bits per heavy atom. The topological polar surface area (TPSA) is 58.6 Å². The third kappa shape index (κ3) is 5.96. The van der Waals surface area contributed by atoms with Gasteiger partial charge in [-0.2, -0.15) is 0 Å². The first-order chi connectivity index (χ1) is 12.7. The second kappa shape index (κ2) is 8.21. The second-order valence-electron chi connectivity index (χ2n) is 8.55. The summed E-state index contributed by atoms with van der Waals surface area (Å²) < 4.78 is 6.55. The van der Waals surface area contributed by atoms with Crippen molar-refractivity contribution in [3.8, 4) is 0 Å². The van der Waals surface area contributed by atoms with Crippen LogP contribution in [0.2, 0.25) is 0 Å². The third-order valence-electron chi connectivity index (χ3n) is 4.92. The third-order valence-corrected chi connectivity index (χ3v) is 5.44. The molecule has 3 rings (SSSR count). The molecule has 0 radical (unpaired) electrons. The van der Waals surface area contributed by atoms with E-state index in [2.05, 4.69) is 33.4 Å². The first-order valence-corrected chi connectivity index (χ1v) is 10.6. The van der Waals surface area contributed by atoms with Crippen LogP contribution in [-0.4, -0.2) is 41.6 Å². The van der Waals surface area contributed by atoms with Crippen LogP contribution >= 0.6 is 15.9 Å². The minimum absolute atomic E-state index is 0.0802. The Labute approximate surface area is 170 Å². The van der Waals surface area contributed by atoms with Crippen molar-refractivity contribution in [2.45, 2.75) is 64.0 Å². The van der Waals surface area contributed by atoms with Gasteiger partial charge in [-0.05, 0) is 70.1 Å². The minimum atomic E-state index is -0.480. The molecule has 0 bridgehead atoms. The summed E-state index contributed by atoms with van der Waals surface area (Å²) in [4.78, 5) is 26.5. The Kier molecular flexibility index (Phi) is 6.14. The summed E-state index contributed by atoms with van der Waals surface area (Å²) >= 11 is 3.44. The lowest BCUT2D eigenvalue weighted by atomic mass is 10.1. The summed E-state index contributed by atoms with van der Waals surface area (Å²) in [6.45, 7) is 6.87. The number of carbonyl (C=O) groups is 2. The van der Waals surface area contributed by atoms with Gasteiger partial charge in [-0.1, -0.05) is 28.1 Å². The van der Waals surface area contributed by atoms with Crippen molar-refractivity contribution in [2.75, 3.05) is 13.1 Å². The highest BCUT2D eigenvalue weighted by atomic mass is 79.9. The molecular weight excluding hydrogens is 408 g/mol. The number of carbonyl (C=O) groups excluding carboxylic acids is 2. The van der Waals surface area contributed by atoms with E-state index in [1.165, 1.54) is 5.56 Å². The van der Waals surface area contributed by atoms with E-state index in [-0.39, 0.29) is 17.9 Å². The largest absolute Gasteiger partial charge is 0.444 e. The van der Waals surface area contributed by atoms with Crippen molar-refractivity contribution in [3.05, 3.63) is 34.3 Å². The molecule has 1 aromatic rings. The smallest absolute Gasteiger partial charge is 0.410 e. The normalized spacial score (nSPS) is 21.5. The molecule has 0 aromatic heterocycles. The lowest BCUT2D eigenvalue weighted by molar-refractivity contribution is -0.122. The van der Waals surface area contributed by atoms with Crippen LogP contribution in [0.1, 0.15) is 57.9 Å². The predicted molar refractivity (Wildman–Crippen MR) is 109 cm³/mol. The van der Waals surface area contributed by atoms with Gasteiger partial charge in [0.2, 0.25) is 5.91 Å². The van der Waals surface area contributed by atoms with Crippen LogP contribution in [0.5, 0.6) is 0 Å². The van der Waals surface area contributed by atoms with Gasteiger partial charge < -0.3 is 15.0 Å². The molecule has 148 valence electrons. The van der Waals surface area contributed by atoms with Gasteiger partial charge in [0.1, 0.15) is 5.60 Å². The standard InChI is InChI=1S/C21H29BrN2O3/c1-21(2,3)27-20(26)24(16-9-10-16)12-4-11-23-19(25)18-13-17(18)14-5-7-15(22)8-6-14/h5-8,16-18H,4,9-13H2,1-3H3,(H,23,25). The number of benzene rings is 1. The number of rotatable bonds is 7. The van der Waals surface area contributed by atoms with E-state index in [1.807, 2.05) is 37.8 Å². The molecule has 27 heavy (non-hydrogen) atoms. The predicted octanol–water partition coefficient (Wildman–Crippen LogP) is 4.46. The summed E-state index contributed by atoms with van der Waals surface area (Å²) in [5.74, 6) is 0.539. The van der Waals surface area contributed by atoms with Crippen molar-refractivity contribution in [1.29, 1.82) is 0 Å². The molecule has 2 aliphatic rings. The quantitative estimate of drug-likeness (QED) is 0.641. The zero-order valence-electron chi connectivity index (χ0n) is 16.3. The van der Waals surface area contributed by atoms with Crippen LogP contribution in [0.3, 0.4) is 0 Å². The van der Waals surface area contributed by atoms with E-state index in [1.54, 1.807) is 0 Å². The second-order valence-corrected chi connectivity index (χ2v) is 9.47. The molecule has 2 amide bonds. The van der Waals surface area contributed by atoms with Crippen LogP contribution in [0.25, 0.3) is 0 Å². The van der Waals surface area contributed by atoms with Gasteiger partial charge in [0.05, 0.1) is 0 Å². The summed E-state index contributed by atoms with van der Waals surface area (Å²) in [5.41, 5.74) is 0.745. The van der Waals surface area contributed by atoms with Crippen LogP contribution in [0.15, 0.2) is 28.7 Å². The van der Waals surface area contributed by atoms with Crippen LogP contribution in [0, 0.1) is 5.92 Å². The lowest BCUT2D eigenvalue weighted by Gasteiger charge is -2.27. The van der Waals surface area contributed by atoms with Gasteiger partial charge >= 0.3 is 6.09 Å². The fourth-order valence-electron chi connectivity index (χ4n) is 3.28. The molecule has 0 spiro atoms. The summed E-state index contributed by atoms with van der Waals surface area (Å²) in [6.07, 6.45) is 3.51. The molecule has 2 saturated carbocycles. The highest BCUT2D eigenvalue weighted by Gasteiger charge is 2.43. The van der Waals surface area contributed by atoms with Gasteiger partial charge in [0.15, 0.2) is 0 Å². The van der Waals surface area contributed by atoms with Crippen molar-refractivity contribution >= 4 is 27.9 Å². The van der Waals surface area contributed by atoms with Crippen molar-refractivity contribution in [3.63, 3.8) is 0 Å². The maximum absolute atomic E-state index is 12.3. The monoisotopic (exact) mass is 436 g/mol. The summed E-state index contributed by atoms with van der Waals surface area (Å²) in [6, 6.07) is 8.50. The minimum Gasteiger partial charge on any atom is -0.444 e. The van der Waals surface area contributed by atoms with Gasteiger partial charge in [0, 0.05) is 29.5 Å². The Hall–Kier alpha value is -1.56. The molecule has 1 N–H and O–H groups in total. The number of hydrogen-bond acceptors (Lipinski definition) is 3. The van der Waals surface area contributed by atoms with E-state index in [4.69, 9.17) is 4.74 Å². The summed E-state index contributed by atoms with van der Waals surface area (Å²) in [5, 5.41) is 3.03. The number of nitrogens with zero attached hydrogens (tertiary/aromatic N) is 1.